The Morgan fingerprint density at radius 1 is 0.309 bits per heavy atom. The molecule has 0 fully saturated rings. The number of phosphoric acid groups is 2. The average Bonchev–Trinajstić information content (AvgIpc) is 1.67. The number of phosphoric ester groups is 2. The number of aliphatic hydroxyl groups excluding tert-OH is 1. The molecule has 0 saturated carbocycles. The quantitative estimate of drug-likeness (QED) is 0.0169. The molecule has 94 heavy (non-hydrogen) atoms. The number of rotatable bonds is 69. The van der Waals surface area contributed by atoms with Crippen molar-refractivity contribution in [2.45, 2.75) is 329 Å². The van der Waals surface area contributed by atoms with Gasteiger partial charge in [0.15, 0.2) is 12.2 Å². The zero-order valence-corrected chi connectivity index (χ0v) is 60.9. The second-order valence-corrected chi connectivity index (χ2v) is 27.4. The highest BCUT2D eigenvalue weighted by molar-refractivity contribution is 7.47. The summed E-state index contributed by atoms with van der Waals surface area (Å²) in [5.41, 5.74) is 0. The number of ether oxygens (including phenoxy) is 4. The van der Waals surface area contributed by atoms with E-state index in [0.717, 1.165) is 154 Å². The first-order chi connectivity index (χ1) is 45.7. The molecule has 5 unspecified atom stereocenters. The summed E-state index contributed by atoms with van der Waals surface area (Å²) in [5, 5.41) is 10.6. The molecule has 0 aromatic heterocycles. The topological polar surface area (TPSA) is 237 Å². The number of carbonyl (C=O) groups is 4. The van der Waals surface area contributed by atoms with E-state index in [9.17, 15) is 43.2 Å². The molecule has 0 aromatic carbocycles. The van der Waals surface area contributed by atoms with Gasteiger partial charge in [0.05, 0.1) is 26.4 Å². The minimum absolute atomic E-state index is 0.0763. The van der Waals surface area contributed by atoms with Crippen LogP contribution in [0.3, 0.4) is 0 Å². The van der Waals surface area contributed by atoms with Crippen molar-refractivity contribution in [3.63, 3.8) is 0 Å². The molecule has 0 bridgehead atoms. The molecule has 17 nitrogen and oxygen atoms in total. The first-order valence-electron chi connectivity index (χ1n) is 36.8. The summed E-state index contributed by atoms with van der Waals surface area (Å²) >= 11 is 0. The van der Waals surface area contributed by atoms with Gasteiger partial charge in [0.25, 0.3) is 0 Å². The smallest absolute Gasteiger partial charge is 0.462 e. The summed E-state index contributed by atoms with van der Waals surface area (Å²) in [4.78, 5) is 72.7. The molecule has 0 rings (SSSR count). The van der Waals surface area contributed by atoms with Gasteiger partial charge in [-0.25, -0.2) is 9.13 Å². The first-order valence-corrected chi connectivity index (χ1v) is 39.8. The second kappa shape index (κ2) is 67.8. The second-order valence-electron chi connectivity index (χ2n) is 24.5. The number of aliphatic hydroxyl groups is 1. The predicted molar refractivity (Wildman–Crippen MR) is 381 cm³/mol. The molecule has 0 spiro atoms. The molecular formula is C75H132O17P2. The van der Waals surface area contributed by atoms with Gasteiger partial charge in [-0.15, -0.1) is 0 Å². The Bertz CT molecular complexity index is 2120. The van der Waals surface area contributed by atoms with E-state index in [-0.39, 0.29) is 25.7 Å². The predicted octanol–water partition coefficient (Wildman–Crippen LogP) is 20.7. The monoisotopic (exact) mass is 1370 g/mol. The Morgan fingerprint density at radius 3 is 0.883 bits per heavy atom. The molecule has 0 aliphatic heterocycles. The van der Waals surface area contributed by atoms with Gasteiger partial charge in [-0.05, 0) is 141 Å². The van der Waals surface area contributed by atoms with Gasteiger partial charge in [0, 0.05) is 25.7 Å². The third-order valence-corrected chi connectivity index (χ3v) is 17.2. The van der Waals surface area contributed by atoms with Crippen molar-refractivity contribution in [1.82, 2.24) is 0 Å². The van der Waals surface area contributed by atoms with Crippen LogP contribution in [0.4, 0.5) is 0 Å². The molecule has 5 atom stereocenters. The highest BCUT2D eigenvalue weighted by Gasteiger charge is 2.30. The lowest BCUT2D eigenvalue weighted by Gasteiger charge is -2.21. The molecule has 19 heteroatoms. The van der Waals surface area contributed by atoms with Crippen molar-refractivity contribution < 1.29 is 80.2 Å². The Hall–Kier alpha value is -3.76. The van der Waals surface area contributed by atoms with E-state index in [1.54, 1.807) is 0 Å². The van der Waals surface area contributed by atoms with Crippen molar-refractivity contribution in [3.05, 3.63) is 85.1 Å². The number of carbonyl (C=O) groups excluding carboxylic acids is 4. The van der Waals surface area contributed by atoms with Gasteiger partial charge < -0.3 is 33.8 Å². The fourth-order valence-corrected chi connectivity index (χ4v) is 11.2. The van der Waals surface area contributed by atoms with Crippen LogP contribution in [0.15, 0.2) is 85.1 Å². The molecule has 0 aliphatic rings. The standard InChI is InChI=1S/C75H132O17P2/c1-5-9-13-17-21-25-29-33-34-38-40-44-48-52-56-60-73(78)86-66-71(92-75(80)62-58-54-50-46-42-37-32-28-24-20-16-12-8-4)68-90-94(83,84)88-64-69(76)63-87-93(81,82)89-67-70(91-74(79)61-57-53-49-45-41-36-31-27-23-19-15-11-7-3)65-85-72(77)59-55-51-47-43-39-35-30-26-22-18-14-10-6-2/h9,13,21,25-28,30-34,40,44,69-71,76H,5-8,10-12,14-20,22-24,29,35-39,41-43,45-68H2,1-4H3,(H,81,82)(H,83,84)/b13-9-,25-21-,30-26-,31-27-,32-28-,34-33-,44-40-. The fraction of sp³-hybridized carbons (Fsp3) is 0.760. The summed E-state index contributed by atoms with van der Waals surface area (Å²) in [7, 11) is -9.95. The summed E-state index contributed by atoms with van der Waals surface area (Å²) < 4.78 is 68.3. The summed E-state index contributed by atoms with van der Waals surface area (Å²) in [6.07, 6.45) is 67.3. The molecule has 0 amide bonds. The zero-order valence-electron chi connectivity index (χ0n) is 59.1. The maximum Gasteiger partial charge on any atom is 0.472 e. The Labute approximate surface area is 570 Å². The molecular weight excluding hydrogens is 1230 g/mol. The molecule has 3 N–H and O–H groups in total. The lowest BCUT2D eigenvalue weighted by atomic mass is 10.1. The van der Waals surface area contributed by atoms with Gasteiger partial charge in [0.2, 0.25) is 0 Å². The molecule has 544 valence electrons. The van der Waals surface area contributed by atoms with Crippen LogP contribution in [0.25, 0.3) is 0 Å². The third-order valence-electron chi connectivity index (χ3n) is 15.3. The van der Waals surface area contributed by atoms with Gasteiger partial charge in [-0.3, -0.25) is 37.3 Å². The van der Waals surface area contributed by atoms with Crippen molar-refractivity contribution >= 4 is 39.5 Å². The van der Waals surface area contributed by atoms with Crippen molar-refractivity contribution in [1.29, 1.82) is 0 Å². The molecule has 0 radical (unpaired) electrons. The SMILES string of the molecule is CC/C=C\C/C=C\C/C=C\C/C=C\CCCCC(=O)OCC(COP(=O)(O)OCC(O)COP(=O)(O)OCC(COC(=O)CCCCCCC/C=C\CCCCCC)OC(=O)CCCCCCC/C=C\CCCCCC)OC(=O)CCCCCCC/C=C\CCCCCC. The minimum atomic E-state index is -4.98. The van der Waals surface area contributed by atoms with Crippen molar-refractivity contribution in [3.8, 4) is 0 Å². The molecule has 0 aromatic rings. The van der Waals surface area contributed by atoms with Crippen molar-refractivity contribution in [2.75, 3.05) is 39.6 Å². The average molecular weight is 1370 g/mol. The summed E-state index contributed by atoms with van der Waals surface area (Å²) in [5.74, 6) is -2.24. The number of esters is 4. The lowest BCUT2D eigenvalue weighted by Crippen LogP contribution is -2.30. The zero-order chi connectivity index (χ0) is 69.0. The van der Waals surface area contributed by atoms with E-state index in [0.29, 0.717) is 25.7 Å². The Balaban J connectivity index is 5.37. The van der Waals surface area contributed by atoms with E-state index in [4.69, 9.17) is 37.0 Å². The van der Waals surface area contributed by atoms with Crippen LogP contribution in [0, 0.1) is 0 Å². The van der Waals surface area contributed by atoms with Crippen LogP contribution in [0.2, 0.25) is 0 Å². The molecule has 0 saturated heterocycles. The van der Waals surface area contributed by atoms with Gasteiger partial charge in [-0.1, -0.05) is 228 Å². The van der Waals surface area contributed by atoms with E-state index in [2.05, 4.69) is 113 Å². The number of unbranched alkanes of at least 4 members (excludes halogenated alkanes) is 29. The van der Waals surface area contributed by atoms with Crippen LogP contribution < -0.4 is 0 Å². The maximum atomic E-state index is 13.0. The van der Waals surface area contributed by atoms with E-state index >= 15 is 0 Å². The van der Waals surface area contributed by atoms with Crippen LogP contribution in [0.5, 0.6) is 0 Å². The molecule has 0 heterocycles. The van der Waals surface area contributed by atoms with Gasteiger partial charge >= 0.3 is 39.5 Å². The number of hydrogen-bond acceptors (Lipinski definition) is 15. The fourth-order valence-electron chi connectivity index (χ4n) is 9.66. The highest BCUT2D eigenvalue weighted by atomic mass is 31.2. The number of hydrogen-bond donors (Lipinski definition) is 3. The van der Waals surface area contributed by atoms with E-state index in [1.807, 2.05) is 0 Å². The Kier molecular flexibility index (Phi) is 65.1. The third kappa shape index (κ3) is 66.8. The number of allylic oxidation sites excluding steroid dienone is 14. The first kappa shape index (κ1) is 90.2. The largest absolute Gasteiger partial charge is 0.472 e. The van der Waals surface area contributed by atoms with Crippen LogP contribution in [-0.2, 0) is 65.4 Å². The van der Waals surface area contributed by atoms with E-state index < -0.39 is 97.5 Å². The van der Waals surface area contributed by atoms with Crippen LogP contribution >= 0.6 is 15.6 Å². The van der Waals surface area contributed by atoms with E-state index in [1.165, 1.54) is 77.0 Å². The summed E-state index contributed by atoms with van der Waals surface area (Å²) in [6.45, 7) is 4.65. The van der Waals surface area contributed by atoms with Crippen molar-refractivity contribution in [2.24, 2.45) is 0 Å². The highest BCUT2D eigenvalue weighted by Crippen LogP contribution is 2.45. The van der Waals surface area contributed by atoms with Crippen LogP contribution in [0.1, 0.15) is 310 Å². The maximum absolute atomic E-state index is 13.0. The lowest BCUT2D eigenvalue weighted by molar-refractivity contribution is -0.161. The van der Waals surface area contributed by atoms with Crippen LogP contribution in [-0.4, -0.2) is 96.7 Å². The van der Waals surface area contributed by atoms with Gasteiger partial charge in [-0.2, -0.15) is 0 Å². The summed E-state index contributed by atoms with van der Waals surface area (Å²) in [6, 6.07) is 0. The molecule has 0 aliphatic carbocycles. The minimum Gasteiger partial charge on any atom is -0.462 e. The van der Waals surface area contributed by atoms with Gasteiger partial charge in [0.1, 0.15) is 19.3 Å². The normalized spacial score (nSPS) is 14.5. The Morgan fingerprint density at radius 2 is 0.553 bits per heavy atom.